The quantitative estimate of drug-likeness (QED) is 0.0765. The van der Waals surface area contributed by atoms with Gasteiger partial charge in [0, 0.05) is 0 Å². The Morgan fingerprint density at radius 3 is 1.33 bits per heavy atom. The van der Waals surface area contributed by atoms with Gasteiger partial charge in [-0.1, -0.05) is 0 Å². The minimum atomic E-state index is 0.0897. The zero-order valence-corrected chi connectivity index (χ0v) is 28.2. The number of hydrogen-bond donors (Lipinski definition) is 0. The number of unbranched alkanes of at least 4 members (excludes halogenated alkanes) is 10. The number of benzene rings is 2. The van der Waals surface area contributed by atoms with Crippen molar-refractivity contribution in [3.05, 3.63) is 66.4 Å². The average molecular weight is 685 g/mol. The van der Waals surface area contributed by atoms with Gasteiger partial charge in [0.1, 0.15) is 0 Å². The van der Waals surface area contributed by atoms with E-state index in [1.54, 1.807) is 0 Å². The summed E-state index contributed by atoms with van der Waals surface area (Å²) >= 11 is 0.179. The van der Waals surface area contributed by atoms with E-state index in [0.717, 1.165) is 57.7 Å². The van der Waals surface area contributed by atoms with Crippen LogP contribution >= 0.6 is 0 Å². The van der Waals surface area contributed by atoms with Gasteiger partial charge in [-0.25, -0.2) is 0 Å². The van der Waals surface area contributed by atoms with Gasteiger partial charge in [0.25, 0.3) is 0 Å². The van der Waals surface area contributed by atoms with Crippen molar-refractivity contribution >= 4 is 70.5 Å². The van der Waals surface area contributed by atoms with Crippen LogP contribution in [0.15, 0.2) is 24.3 Å². The Bertz CT molecular complexity index is 1690. The van der Waals surface area contributed by atoms with Crippen LogP contribution in [0.25, 0.3) is 51.1 Å². The molecule has 0 aliphatic heterocycles. The van der Waals surface area contributed by atoms with E-state index in [1.165, 1.54) is 81.6 Å². The summed E-state index contributed by atoms with van der Waals surface area (Å²) in [7, 11) is 0. The molecule has 214 valence electrons. The van der Waals surface area contributed by atoms with E-state index in [-0.39, 0.29) is 40.4 Å². The van der Waals surface area contributed by atoms with Crippen molar-refractivity contribution in [2.75, 3.05) is 0 Å². The number of aryl methyl sites for hydroxylation is 2. The second-order valence-electron chi connectivity index (χ2n) is 11.0. The Kier molecular flexibility index (Phi) is 12.1. The Hall–Kier alpha value is -3.08. The molecule has 4 aromatic rings. The molecule has 6 heteroatoms. The van der Waals surface area contributed by atoms with Gasteiger partial charge in [-0.15, -0.1) is 0 Å². The zero-order chi connectivity index (χ0) is 29.9. The van der Waals surface area contributed by atoms with Crippen molar-refractivity contribution in [3.63, 3.8) is 0 Å². The Labute approximate surface area is 262 Å². The van der Waals surface area contributed by atoms with Crippen LogP contribution in [0.1, 0.15) is 99.8 Å². The number of fused-ring (bicyclic) bond motifs is 5. The van der Waals surface area contributed by atoms with Crippen LogP contribution in [0.4, 0.5) is 0 Å². The van der Waals surface area contributed by atoms with Crippen LogP contribution in [0.3, 0.4) is 0 Å². The molecule has 0 atom stereocenters. The number of hydrogen-bond acceptors (Lipinski definition) is 2. The van der Waals surface area contributed by atoms with E-state index in [9.17, 15) is 10.5 Å². The fraction of sp³-hybridized carbons (Fsp3) is 0.444. The van der Waals surface area contributed by atoms with Crippen LogP contribution in [-0.4, -0.2) is 29.0 Å². The summed E-state index contributed by atoms with van der Waals surface area (Å²) in [4.78, 5) is 7.26. The van der Waals surface area contributed by atoms with E-state index >= 15 is 0 Å². The molecule has 0 aliphatic carbocycles. The van der Waals surface area contributed by atoms with Gasteiger partial charge in [0.05, 0.1) is 0 Å². The van der Waals surface area contributed by atoms with Crippen LogP contribution in [0, 0.1) is 35.8 Å². The first-order chi connectivity index (χ1) is 20.6. The maximum absolute atomic E-state index is 9.89. The van der Waals surface area contributed by atoms with Crippen molar-refractivity contribution in [1.29, 1.82) is 10.5 Å². The molecule has 2 aromatic heterocycles. The molecule has 0 amide bonds. The fourth-order valence-electron chi connectivity index (χ4n) is 5.75. The molecule has 2 heterocycles. The predicted octanol–water partition coefficient (Wildman–Crippen LogP) is 8.17. The second-order valence-corrected chi connectivity index (χ2v) is 15.8. The summed E-state index contributed by atoms with van der Waals surface area (Å²) in [5, 5.41) is 25.5. The molecule has 0 N–H and O–H groups in total. The first-order valence-corrected chi connectivity index (χ1v) is 18.8. The molecular weight excluding hydrogens is 646 g/mol. The van der Waals surface area contributed by atoms with Crippen LogP contribution in [-0.2, 0) is 12.8 Å². The Balaban J connectivity index is 1.88. The first-order valence-electron chi connectivity index (χ1n) is 15.3. The summed E-state index contributed by atoms with van der Waals surface area (Å²) in [6.07, 6.45) is 17.1. The van der Waals surface area contributed by atoms with Gasteiger partial charge < -0.3 is 0 Å². The standard InChI is InChI=1S/C36H38N4Se2/c1-5-7-9-11-13-15-17-25-19-29-27(33(23-37)39-3)21-32-31(35(29)41-25)22-28(34(24-38)40-4)30-20-26(42-36(30)32)18-16-14-12-10-8-6-2/h19-22H,5-18H2,1-2H3/b33-27-,34-28+. The van der Waals surface area contributed by atoms with E-state index in [2.05, 4.69) is 59.9 Å². The van der Waals surface area contributed by atoms with Gasteiger partial charge in [-0.2, -0.15) is 0 Å². The topological polar surface area (TPSA) is 56.3 Å². The van der Waals surface area contributed by atoms with Gasteiger partial charge in [-0.05, 0) is 0 Å². The van der Waals surface area contributed by atoms with Crippen molar-refractivity contribution in [1.82, 2.24) is 0 Å². The minimum absolute atomic E-state index is 0.0897. The molecule has 2 aromatic carbocycles. The van der Waals surface area contributed by atoms with Gasteiger partial charge in [-0.3, -0.25) is 0 Å². The number of nitriles is 2. The number of rotatable bonds is 14. The van der Waals surface area contributed by atoms with E-state index in [1.807, 2.05) is 0 Å². The molecule has 4 rings (SSSR count). The van der Waals surface area contributed by atoms with Crippen LogP contribution in [0.5, 0.6) is 0 Å². The summed E-state index contributed by atoms with van der Waals surface area (Å²) in [5.41, 5.74) is 0.296. The summed E-state index contributed by atoms with van der Waals surface area (Å²) in [5.74, 6) is 0. The molecule has 42 heavy (non-hydrogen) atoms. The molecule has 0 saturated carbocycles. The third-order valence-electron chi connectivity index (χ3n) is 8.00. The summed E-state index contributed by atoms with van der Waals surface area (Å²) < 4.78 is 5.24. The maximum atomic E-state index is 9.89. The van der Waals surface area contributed by atoms with Crippen molar-refractivity contribution < 1.29 is 0 Å². The molecule has 0 saturated heterocycles. The van der Waals surface area contributed by atoms with Gasteiger partial charge in [0.15, 0.2) is 0 Å². The van der Waals surface area contributed by atoms with Crippen molar-refractivity contribution in [2.45, 2.75) is 104 Å². The molecule has 0 radical (unpaired) electrons. The molecule has 4 nitrogen and oxygen atoms in total. The predicted molar refractivity (Wildman–Crippen MR) is 177 cm³/mol. The monoisotopic (exact) mass is 686 g/mol. The van der Waals surface area contributed by atoms with Crippen LogP contribution in [0.2, 0.25) is 0 Å². The molecule has 0 bridgehead atoms. The Morgan fingerprint density at radius 1 is 0.595 bits per heavy atom. The third kappa shape index (κ3) is 7.27. The van der Waals surface area contributed by atoms with Crippen molar-refractivity contribution in [3.8, 4) is 12.1 Å². The zero-order valence-electron chi connectivity index (χ0n) is 24.8. The molecule has 0 spiro atoms. The first kappa shape index (κ1) is 31.8. The molecule has 0 unspecified atom stereocenters. The van der Waals surface area contributed by atoms with E-state index < -0.39 is 0 Å². The molecule has 0 aliphatic rings. The van der Waals surface area contributed by atoms with Gasteiger partial charge in [0.2, 0.25) is 0 Å². The normalized spacial score (nSPS) is 12.6. The average Bonchev–Trinajstić information content (AvgIpc) is 3.63. The molecule has 0 fully saturated rings. The summed E-state index contributed by atoms with van der Waals surface area (Å²) in [6.45, 7) is 20.0. The summed E-state index contributed by atoms with van der Waals surface area (Å²) in [6, 6.07) is 13.0. The van der Waals surface area contributed by atoms with Crippen molar-refractivity contribution in [2.24, 2.45) is 0 Å². The fourth-order valence-corrected chi connectivity index (χ4v) is 11.0. The Morgan fingerprint density at radius 2 is 0.976 bits per heavy atom. The second kappa shape index (κ2) is 16.0. The van der Waals surface area contributed by atoms with E-state index in [4.69, 9.17) is 13.1 Å². The van der Waals surface area contributed by atoms with E-state index in [0.29, 0.717) is 0 Å². The SMILES string of the molecule is [C-]#[N+]/C(C#N)=c1/cc2c(c/c(=C(/C#N)[N+]#[C-])c3cc(CCCCCCCC)[se]c32)c2[se]c(CCCCCCCC)cc12. The third-order valence-corrected chi connectivity index (χ3v) is 13.2. The van der Waals surface area contributed by atoms with Gasteiger partial charge >= 0.3 is 263 Å². The van der Waals surface area contributed by atoms with Crippen LogP contribution < -0.4 is 10.4 Å². The molecular formula is C36H38N4Se2. The number of nitrogens with zero attached hydrogens (tertiary/aromatic N) is 4.